The van der Waals surface area contributed by atoms with Gasteiger partial charge in [0.1, 0.15) is 0 Å². The van der Waals surface area contributed by atoms with Crippen molar-refractivity contribution >= 4 is 49.1 Å². The summed E-state index contributed by atoms with van der Waals surface area (Å²) in [5, 5.41) is 7.15. The van der Waals surface area contributed by atoms with Crippen molar-refractivity contribution in [3.63, 3.8) is 0 Å². The third kappa shape index (κ3) is 1.44. The third-order valence-corrected chi connectivity index (χ3v) is 3.90. The summed E-state index contributed by atoms with van der Waals surface area (Å²) >= 11 is 7.65. The number of aromatic nitrogens is 1. The molecule has 0 radical (unpaired) electrons. The second-order valence-corrected chi connectivity index (χ2v) is 4.98. The fourth-order valence-corrected chi connectivity index (χ4v) is 2.93. The van der Waals surface area contributed by atoms with E-state index in [1.807, 2.05) is 25.2 Å². The summed E-state index contributed by atoms with van der Waals surface area (Å²) in [6.07, 6.45) is 0. The van der Waals surface area contributed by atoms with Gasteiger partial charge in [-0.3, -0.25) is 0 Å². The first kappa shape index (κ1) is 9.87. The van der Waals surface area contributed by atoms with Crippen molar-refractivity contribution in [1.82, 2.24) is 4.98 Å². The minimum absolute atomic E-state index is 0.769. The number of benzene rings is 2. The van der Waals surface area contributed by atoms with Gasteiger partial charge in [0.25, 0.3) is 0 Å². The van der Waals surface area contributed by atoms with Crippen LogP contribution in [0.3, 0.4) is 0 Å². The minimum Gasteiger partial charge on any atom is -0.365 e. The lowest BCUT2D eigenvalue weighted by Crippen LogP contribution is -1.83. The molecule has 3 rings (SSSR count). The lowest BCUT2D eigenvalue weighted by Gasteiger charge is -1.98. The second-order valence-electron chi connectivity index (χ2n) is 3.55. The summed E-state index contributed by atoms with van der Waals surface area (Å²) in [5.41, 5.74) is 1.03. The zero-order valence-corrected chi connectivity index (χ0v) is 10.2. The number of nitrogens with zero attached hydrogens (tertiary/aromatic N) is 1. The van der Waals surface area contributed by atoms with Crippen molar-refractivity contribution in [3.05, 3.63) is 35.4 Å². The van der Waals surface area contributed by atoms with Crippen molar-refractivity contribution in [1.29, 1.82) is 0 Å². The van der Waals surface area contributed by atoms with Gasteiger partial charge in [-0.15, -0.1) is 0 Å². The first-order chi connectivity index (χ1) is 7.78. The van der Waals surface area contributed by atoms with Crippen LogP contribution in [0.5, 0.6) is 0 Å². The van der Waals surface area contributed by atoms with Crippen LogP contribution in [0.15, 0.2) is 30.3 Å². The summed E-state index contributed by atoms with van der Waals surface area (Å²) in [7, 11) is 1.89. The Morgan fingerprint density at radius 2 is 2.12 bits per heavy atom. The Morgan fingerprint density at radius 3 is 2.94 bits per heavy atom. The fourth-order valence-electron chi connectivity index (χ4n) is 1.79. The molecule has 0 aliphatic rings. The van der Waals surface area contributed by atoms with Gasteiger partial charge in [0.05, 0.1) is 10.2 Å². The standard InChI is InChI=1S/C12H9ClN2S/c1-14-12-15-10-5-2-7-6-8(13)3-4-9(7)11(10)16-12/h2-6H,1H3,(H,14,15). The molecule has 1 aromatic heterocycles. The highest BCUT2D eigenvalue weighted by atomic mass is 35.5. The van der Waals surface area contributed by atoms with Gasteiger partial charge in [-0.05, 0) is 23.6 Å². The summed E-state index contributed by atoms with van der Waals surface area (Å²) in [4.78, 5) is 4.48. The van der Waals surface area contributed by atoms with Gasteiger partial charge in [-0.2, -0.15) is 0 Å². The van der Waals surface area contributed by atoms with E-state index >= 15 is 0 Å². The van der Waals surface area contributed by atoms with Crippen molar-refractivity contribution in [2.24, 2.45) is 0 Å². The Balaban J connectivity index is 2.43. The highest BCUT2D eigenvalue weighted by Gasteiger charge is 2.06. The number of nitrogens with one attached hydrogen (secondary N) is 1. The van der Waals surface area contributed by atoms with E-state index in [1.165, 1.54) is 10.1 Å². The molecule has 1 heterocycles. The molecule has 0 unspecified atom stereocenters. The molecule has 0 atom stereocenters. The van der Waals surface area contributed by atoms with E-state index in [-0.39, 0.29) is 0 Å². The molecular weight excluding hydrogens is 240 g/mol. The molecule has 2 nitrogen and oxygen atoms in total. The van der Waals surface area contributed by atoms with Gasteiger partial charge in [0.15, 0.2) is 5.13 Å². The number of halogens is 1. The molecule has 0 aliphatic carbocycles. The molecule has 80 valence electrons. The molecule has 0 spiro atoms. The second kappa shape index (κ2) is 3.61. The van der Waals surface area contributed by atoms with E-state index in [9.17, 15) is 0 Å². The van der Waals surface area contributed by atoms with Crippen LogP contribution in [0.4, 0.5) is 5.13 Å². The van der Waals surface area contributed by atoms with Crippen LogP contribution in [-0.4, -0.2) is 12.0 Å². The van der Waals surface area contributed by atoms with E-state index in [0.717, 1.165) is 21.1 Å². The van der Waals surface area contributed by atoms with E-state index in [2.05, 4.69) is 22.4 Å². The number of hydrogen-bond donors (Lipinski definition) is 1. The van der Waals surface area contributed by atoms with E-state index in [0.29, 0.717) is 0 Å². The van der Waals surface area contributed by atoms with Crippen LogP contribution in [0, 0.1) is 0 Å². The van der Waals surface area contributed by atoms with Gasteiger partial charge in [0.2, 0.25) is 0 Å². The Labute approximate surface area is 102 Å². The Morgan fingerprint density at radius 1 is 1.25 bits per heavy atom. The maximum atomic E-state index is 5.98. The smallest absolute Gasteiger partial charge is 0.183 e. The normalized spacial score (nSPS) is 11.1. The summed E-state index contributed by atoms with van der Waals surface area (Å²) < 4.78 is 1.21. The maximum Gasteiger partial charge on any atom is 0.183 e. The van der Waals surface area contributed by atoms with Crippen molar-refractivity contribution in [2.75, 3.05) is 12.4 Å². The van der Waals surface area contributed by atoms with Crippen LogP contribution in [-0.2, 0) is 0 Å². The first-order valence-corrected chi connectivity index (χ1v) is 6.14. The SMILES string of the molecule is CNc1nc2ccc3cc(Cl)ccc3c2s1. The third-order valence-electron chi connectivity index (χ3n) is 2.55. The van der Waals surface area contributed by atoms with E-state index < -0.39 is 0 Å². The van der Waals surface area contributed by atoms with E-state index in [1.54, 1.807) is 11.3 Å². The first-order valence-electron chi connectivity index (χ1n) is 4.94. The number of thiazole rings is 1. The highest BCUT2D eigenvalue weighted by molar-refractivity contribution is 7.23. The van der Waals surface area contributed by atoms with Crippen LogP contribution in [0.1, 0.15) is 0 Å². The lowest BCUT2D eigenvalue weighted by molar-refractivity contribution is 1.42. The van der Waals surface area contributed by atoms with Gasteiger partial charge in [0, 0.05) is 17.5 Å². The van der Waals surface area contributed by atoms with Gasteiger partial charge in [-0.25, -0.2) is 4.98 Å². The Bertz CT molecular complexity index is 675. The van der Waals surface area contributed by atoms with Crippen molar-refractivity contribution in [2.45, 2.75) is 0 Å². The molecule has 1 N–H and O–H groups in total. The molecule has 0 aliphatic heterocycles. The van der Waals surface area contributed by atoms with Gasteiger partial charge >= 0.3 is 0 Å². The van der Waals surface area contributed by atoms with Crippen molar-refractivity contribution in [3.8, 4) is 0 Å². The predicted octanol–water partition coefficient (Wildman–Crippen LogP) is 4.14. The van der Waals surface area contributed by atoms with Gasteiger partial charge < -0.3 is 5.32 Å². The summed E-state index contributed by atoms with van der Waals surface area (Å²) in [6, 6.07) is 10.0. The zero-order chi connectivity index (χ0) is 11.1. The van der Waals surface area contributed by atoms with Crippen molar-refractivity contribution < 1.29 is 0 Å². The molecule has 4 heteroatoms. The topological polar surface area (TPSA) is 24.9 Å². The average Bonchev–Trinajstić information content (AvgIpc) is 2.71. The number of fused-ring (bicyclic) bond motifs is 3. The molecular formula is C12H9ClN2S. The Kier molecular flexibility index (Phi) is 2.23. The molecule has 0 saturated carbocycles. The molecule has 3 aromatic rings. The maximum absolute atomic E-state index is 5.98. The molecule has 0 amide bonds. The van der Waals surface area contributed by atoms with E-state index in [4.69, 9.17) is 11.6 Å². The largest absolute Gasteiger partial charge is 0.365 e. The Hall–Kier alpha value is -1.32. The van der Waals surface area contributed by atoms with Gasteiger partial charge in [-0.1, -0.05) is 35.1 Å². The van der Waals surface area contributed by atoms with Crippen LogP contribution in [0.2, 0.25) is 5.02 Å². The average molecular weight is 249 g/mol. The monoisotopic (exact) mass is 248 g/mol. The van der Waals surface area contributed by atoms with Crippen LogP contribution < -0.4 is 5.32 Å². The molecule has 0 bridgehead atoms. The summed E-state index contributed by atoms with van der Waals surface area (Å²) in [5.74, 6) is 0. The molecule has 16 heavy (non-hydrogen) atoms. The number of hydrogen-bond acceptors (Lipinski definition) is 3. The quantitative estimate of drug-likeness (QED) is 0.700. The fraction of sp³-hybridized carbons (Fsp3) is 0.0833. The number of anilines is 1. The number of rotatable bonds is 1. The zero-order valence-electron chi connectivity index (χ0n) is 8.62. The van der Waals surface area contributed by atoms with Crippen LogP contribution in [0.25, 0.3) is 21.0 Å². The van der Waals surface area contributed by atoms with Crippen LogP contribution >= 0.6 is 22.9 Å². The predicted molar refractivity (Wildman–Crippen MR) is 71.7 cm³/mol. The minimum atomic E-state index is 0.769. The molecule has 0 saturated heterocycles. The molecule has 2 aromatic carbocycles. The highest BCUT2D eigenvalue weighted by Crippen LogP contribution is 2.33. The lowest BCUT2D eigenvalue weighted by atomic mass is 10.1. The molecule has 0 fully saturated rings. The summed E-state index contributed by atoms with van der Waals surface area (Å²) in [6.45, 7) is 0.